The topological polar surface area (TPSA) is 49.4 Å². The molecule has 2 aromatic rings. The quantitative estimate of drug-likeness (QED) is 0.834. The number of carbonyl (C=O) groups excluding carboxylic acids is 2. The molecule has 0 radical (unpaired) electrons. The molecule has 0 aromatic heterocycles. The summed E-state index contributed by atoms with van der Waals surface area (Å²) in [6.45, 7) is 3.16. The minimum atomic E-state index is -0.913. The summed E-state index contributed by atoms with van der Waals surface area (Å²) in [7, 11) is 0. The molecule has 1 heterocycles. The number of amides is 2. The Morgan fingerprint density at radius 1 is 1.12 bits per heavy atom. The minimum Gasteiger partial charge on any atom is -0.337 e. The molecule has 0 unspecified atom stereocenters. The average Bonchev–Trinajstić information content (AvgIpc) is 3.46. The van der Waals surface area contributed by atoms with Crippen LogP contribution in [0.2, 0.25) is 5.02 Å². The highest BCUT2D eigenvalue weighted by atomic mass is 35.5. The maximum atomic E-state index is 13.1. The fourth-order valence-electron chi connectivity index (χ4n) is 3.56. The van der Waals surface area contributed by atoms with Crippen LogP contribution in [0, 0.1) is 12.3 Å². The Hall–Kier alpha value is -2.33. The Bertz CT molecular complexity index is 889. The second-order valence-corrected chi connectivity index (χ2v) is 7.65. The number of rotatable bonds is 3. The predicted octanol–water partition coefficient (Wildman–Crippen LogP) is 3.95. The summed E-state index contributed by atoms with van der Waals surface area (Å²) < 4.78 is 0. The van der Waals surface area contributed by atoms with Crippen molar-refractivity contribution in [2.45, 2.75) is 32.7 Å². The third kappa shape index (κ3) is 2.99. The predicted molar refractivity (Wildman–Crippen MR) is 102 cm³/mol. The standard InChI is InChI=1S/C21H21ClN2O2/c1-14-6-7-17(12-18(14)22)23-19(25)21(9-10-21)20(26)24-11-8-15-4-2-3-5-16(15)13-24/h2-7,12H,8-11,13H2,1H3,(H,23,25). The zero-order valence-corrected chi connectivity index (χ0v) is 15.5. The summed E-state index contributed by atoms with van der Waals surface area (Å²) in [4.78, 5) is 27.7. The van der Waals surface area contributed by atoms with Crippen LogP contribution < -0.4 is 5.32 Å². The fraction of sp³-hybridized carbons (Fsp3) is 0.333. The van der Waals surface area contributed by atoms with Crippen LogP contribution in [-0.2, 0) is 22.6 Å². The highest BCUT2D eigenvalue weighted by Crippen LogP contribution is 2.48. The van der Waals surface area contributed by atoms with E-state index < -0.39 is 5.41 Å². The molecule has 26 heavy (non-hydrogen) atoms. The van der Waals surface area contributed by atoms with Crippen molar-refractivity contribution in [1.82, 2.24) is 4.90 Å². The molecule has 4 nitrogen and oxygen atoms in total. The first kappa shape index (κ1) is 17.1. The SMILES string of the molecule is Cc1ccc(NC(=O)C2(C(=O)N3CCc4ccccc4C3)CC2)cc1Cl. The van der Waals surface area contributed by atoms with Gasteiger partial charge >= 0.3 is 0 Å². The van der Waals surface area contributed by atoms with Gasteiger partial charge < -0.3 is 10.2 Å². The van der Waals surface area contributed by atoms with E-state index in [0.29, 0.717) is 36.6 Å². The lowest BCUT2D eigenvalue weighted by atomic mass is 9.97. The van der Waals surface area contributed by atoms with E-state index in [1.54, 1.807) is 6.07 Å². The maximum absolute atomic E-state index is 13.1. The summed E-state index contributed by atoms with van der Waals surface area (Å²) in [6.07, 6.45) is 2.05. The number of nitrogens with zero attached hydrogens (tertiary/aromatic N) is 1. The lowest BCUT2D eigenvalue weighted by Crippen LogP contribution is -2.45. The summed E-state index contributed by atoms with van der Waals surface area (Å²) in [5.74, 6) is -0.274. The number of nitrogens with one attached hydrogen (secondary N) is 1. The molecule has 2 aromatic carbocycles. The largest absolute Gasteiger partial charge is 0.337 e. The van der Waals surface area contributed by atoms with Crippen LogP contribution in [0.5, 0.6) is 0 Å². The third-order valence-corrected chi connectivity index (χ3v) is 5.85. The normalized spacial score (nSPS) is 17.4. The van der Waals surface area contributed by atoms with Crippen molar-refractivity contribution >= 4 is 29.1 Å². The number of hydrogen-bond donors (Lipinski definition) is 1. The first-order valence-electron chi connectivity index (χ1n) is 8.93. The minimum absolute atomic E-state index is 0.0530. The van der Waals surface area contributed by atoms with E-state index >= 15 is 0 Å². The number of hydrogen-bond acceptors (Lipinski definition) is 2. The molecule has 134 valence electrons. The molecule has 2 amide bonds. The lowest BCUT2D eigenvalue weighted by molar-refractivity contribution is -0.143. The van der Waals surface area contributed by atoms with Crippen molar-refractivity contribution in [3.05, 3.63) is 64.2 Å². The molecule has 5 heteroatoms. The molecule has 2 aliphatic rings. The zero-order valence-electron chi connectivity index (χ0n) is 14.7. The second kappa shape index (κ2) is 6.44. The highest BCUT2D eigenvalue weighted by Gasteiger charge is 2.58. The summed E-state index contributed by atoms with van der Waals surface area (Å²) in [5.41, 5.74) is 3.14. The van der Waals surface area contributed by atoms with Crippen molar-refractivity contribution in [3.63, 3.8) is 0 Å². The molecule has 0 spiro atoms. The summed E-state index contributed by atoms with van der Waals surface area (Å²) >= 11 is 6.13. The number of fused-ring (bicyclic) bond motifs is 1. The summed E-state index contributed by atoms with van der Waals surface area (Å²) in [6, 6.07) is 13.6. The van der Waals surface area contributed by atoms with Crippen molar-refractivity contribution in [1.29, 1.82) is 0 Å². The van der Waals surface area contributed by atoms with Gasteiger partial charge in [0.1, 0.15) is 5.41 Å². The van der Waals surface area contributed by atoms with Gasteiger partial charge in [-0.25, -0.2) is 0 Å². The number of halogens is 1. The Kier molecular flexibility index (Phi) is 4.23. The summed E-state index contributed by atoms with van der Waals surface area (Å²) in [5, 5.41) is 3.48. The van der Waals surface area contributed by atoms with Crippen LogP contribution in [-0.4, -0.2) is 23.3 Å². The Morgan fingerprint density at radius 2 is 1.85 bits per heavy atom. The van der Waals surface area contributed by atoms with E-state index in [1.165, 1.54) is 11.1 Å². The van der Waals surface area contributed by atoms with Gasteiger partial charge in [0.2, 0.25) is 11.8 Å². The van der Waals surface area contributed by atoms with Gasteiger partial charge in [-0.3, -0.25) is 9.59 Å². The van der Waals surface area contributed by atoms with Gasteiger partial charge in [0.05, 0.1) is 0 Å². The van der Waals surface area contributed by atoms with Gasteiger partial charge in [-0.15, -0.1) is 0 Å². The molecule has 1 saturated carbocycles. The molecule has 1 aliphatic heterocycles. The zero-order chi connectivity index (χ0) is 18.3. The molecule has 0 bridgehead atoms. The molecule has 0 saturated heterocycles. The molecule has 0 atom stereocenters. The van der Waals surface area contributed by atoms with E-state index in [1.807, 2.05) is 36.1 Å². The second-order valence-electron chi connectivity index (χ2n) is 7.25. The highest BCUT2D eigenvalue weighted by molar-refractivity contribution is 6.31. The van der Waals surface area contributed by atoms with E-state index in [-0.39, 0.29) is 11.8 Å². The smallest absolute Gasteiger partial charge is 0.240 e. The van der Waals surface area contributed by atoms with Crippen LogP contribution in [0.15, 0.2) is 42.5 Å². The van der Waals surface area contributed by atoms with E-state index in [4.69, 9.17) is 11.6 Å². The number of carbonyl (C=O) groups is 2. The van der Waals surface area contributed by atoms with Gasteiger partial charge in [0.15, 0.2) is 0 Å². The van der Waals surface area contributed by atoms with Gasteiger partial charge in [-0.1, -0.05) is 41.9 Å². The van der Waals surface area contributed by atoms with Crippen LogP contribution in [0.3, 0.4) is 0 Å². The van der Waals surface area contributed by atoms with Crippen molar-refractivity contribution in [2.75, 3.05) is 11.9 Å². The van der Waals surface area contributed by atoms with Crippen LogP contribution in [0.4, 0.5) is 5.69 Å². The molecular weight excluding hydrogens is 348 g/mol. The number of benzene rings is 2. The molecular formula is C21H21ClN2O2. The Morgan fingerprint density at radius 3 is 2.54 bits per heavy atom. The monoisotopic (exact) mass is 368 g/mol. The number of anilines is 1. The molecule has 1 fully saturated rings. The van der Waals surface area contributed by atoms with E-state index in [0.717, 1.165) is 12.0 Å². The van der Waals surface area contributed by atoms with Gasteiger partial charge in [0.25, 0.3) is 0 Å². The lowest BCUT2D eigenvalue weighted by Gasteiger charge is -2.31. The van der Waals surface area contributed by atoms with Gasteiger partial charge in [0, 0.05) is 23.8 Å². The van der Waals surface area contributed by atoms with E-state index in [9.17, 15) is 9.59 Å². The average molecular weight is 369 g/mol. The van der Waals surface area contributed by atoms with Crippen molar-refractivity contribution in [2.24, 2.45) is 5.41 Å². The molecule has 1 N–H and O–H groups in total. The van der Waals surface area contributed by atoms with Crippen LogP contribution >= 0.6 is 11.6 Å². The Labute approximate surface area is 158 Å². The van der Waals surface area contributed by atoms with E-state index in [2.05, 4.69) is 17.4 Å². The first-order chi connectivity index (χ1) is 12.5. The van der Waals surface area contributed by atoms with Crippen molar-refractivity contribution < 1.29 is 9.59 Å². The van der Waals surface area contributed by atoms with Gasteiger partial charge in [-0.05, 0) is 55.0 Å². The maximum Gasteiger partial charge on any atom is 0.240 e. The molecule has 4 rings (SSSR count). The van der Waals surface area contributed by atoms with Crippen molar-refractivity contribution in [3.8, 4) is 0 Å². The first-order valence-corrected chi connectivity index (χ1v) is 9.31. The fourth-order valence-corrected chi connectivity index (χ4v) is 3.74. The third-order valence-electron chi connectivity index (χ3n) is 5.44. The van der Waals surface area contributed by atoms with Crippen LogP contribution in [0.25, 0.3) is 0 Å². The Balaban J connectivity index is 1.49. The van der Waals surface area contributed by atoms with Crippen LogP contribution in [0.1, 0.15) is 29.5 Å². The molecule has 1 aliphatic carbocycles. The number of aryl methyl sites for hydroxylation is 1. The van der Waals surface area contributed by atoms with Gasteiger partial charge in [-0.2, -0.15) is 0 Å².